The topological polar surface area (TPSA) is 76.0 Å². The van der Waals surface area contributed by atoms with Crippen LogP contribution in [0.3, 0.4) is 0 Å². The molecule has 0 spiro atoms. The number of amidine groups is 1. The molecule has 0 N–H and O–H groups in total. The van der Waals surface area contributed by atoms with Crippen LogP contribution < -0.4 is 0 Å². The minimum absolute atomic E-state index is 0.181. The maximum atomic E-state index is 12.9. The van der Waals surface area contributed by atoms with E-state index in [4.69, 9.17) is 4.74 Å². The monoisotopic (exact) mass is 410 g/mol. The molecule has 2 atom stereocenters. The summed E-state index contributed by atoms with van der Waals surface area (Å²) in [6.07, 6.45) is 3.10. The van der Waals surface area contributed by atoms with E-state index < -0.39 is 10.0 Å². The summed E-state index contributed by atoms with van der Waals surface area (Å²) in [5.41, 5.74) is 2.97. The van der Waals surface area contributed by atoms with E-state index in [-0.39, 0.29) is 22.9 Å². The molecule has 2 aromatic carbocycles. The average Bonchev–Trinajstić information content (AvgIpc) is 3.27. The third kappa shape index (κ3) is 3.23. The van der Waals surface area contributed by atoms with Gasteiger partial charge in [0, 0.05) is 18.7 Å². The first-order chi connectivity index (χ1) is 14.0. The third-order valence-corrected chi connectivity index (χ3v) is 7.33. The van der Waals surface area contributed by atoms with Gasteiger partial charge in [-0.05, 0) is 48.9 Å². The first-order valence-electron chi connectivity index (χ1n) is 10.0. The number of carbonyl (C=O) groups is 1. The smallest absolute Gasteiger partial charge is 0.311 e. The molecule has 0 bridgehead atoms. The molecular formula is C22H22N2O4S. The Balaban J connectivity index is 1.32. The Morgan fingerprint density at radius 3 is 2.76 bits per heavy atom. The van der Waals surface area contributed by atoms with Crippen LogP contribution in [0, 0.1) is 5.92 Å². The van der Waals surface area contributed by atoms with E-state index in [2.05, 4.69) is 10.5 Å². The Kier molecular flexibility index (Phi) is 4.42. The minimum atomic E-state index is -3.66. The van der Waals surface area contributed by atoms with Gasteiger partial charge in [-0.3, -0.25) is 4.79 Å². The van der Waals surface area contributed by atoms with Gasteiger partial charge >= 0.3 is 5.97 Å². The van der Waals surface area contributed by atoms with Crippen LogP contribution in [0.2, 0.25) is 0 Å². The molecule has 6 nitrogen and oxygen atoms in total. The molecule has 0 saturated carbocycles. The first kappa shape index (κ1) is 18.4. The summed E-state index contributed by atoms with van der Waals surface area (Å²) < 4.78 is 34.6. The molecule has 0 amide bonds. The summed E-state index contributed by atoms with van der Waals surface area (Å²) in [5.74, 6) is -0.0369. The molecule has 150 valence electrons. The summed E-state index contributed by atoms with van der Waals surface area (Å²) in [7, 11) is -3.66. The van der Waals surface area contributed by atoms with Crippen LogP contribution in [0.25, 0.3) is 0 Å². The fourth-order valence-corrected chi connectivity index (χ4v) is 5.78. The van der Waals surface area contributed by atoms with Crippen molar-refractivity contribution in [3.63, 3.8) is 0 Å². The van der Waals surface area contributed by atoms with Crippen LogP contribution in [-0.4, -0.2) is 38.2 Å². The third-order valence-electron chi connectivity index (χ3n) is 6.00. The van der Waals surface area contributed by atoms with Crippen LogP contribution in [0.15, 0.2) is 57.8 Å². The number of aryl methyl sites for hydroxylation is 1. The standard InChI is InChI=1S/C22H22N2O4S/c25-22(28-19-12-11-15-6-1-2-8-17(15)19)16-7-5-13-24(14-16)21-18-9-3-4-10-20(18)29(26,27)23-21/h1-4,6,8-10,16,19H,5,7,11-14H2. The predicted molar refractivity (Wildman–Crippen MR) is 108 cm³/mol. The van der Waals surface area contributed by atoms with E-state index in [1.54, 1.807) is 18.2 Å². The highest BCUT2D eigenvalue weighted by atomic mass is 32.2. The second-order valence-corrected chi connectivity index (χ2v) is 9.41. The van der Waals surface area contributed by atoms with Gasteiger partial charge in [0.2, 0.25) is 0 Å². The highest BCUT2D eigenvalue weighted by molar-refractivity contribution is 7.90. The Morgan fingerprint density at radius 1 is 1.07 bits per heavy atom. The fraction of sp³-hybridized carbons (Fsp3) is 0.364. The lowest BCUT2D eigenvalue weighted by Gasteiger charge is -2.33. The molecule has 2 unspecified atom stereocenters. The minimum Gasteiger partial charge on any atom is -0.457 e. The van der Waals surface area contributed by atoms with Gasteiger partial charge in [0.05, 0.1) is 5.92 Å². The predicted octanol–water partition coefficient (Wildman–Crippen LogP) is 3.08. The summed E-state index contributed by atoms with van der Waals surface area (Å²) in [6.45, 7) is 1.11. The van der Waals surface area contributed by atoms with Gasteiger partial charge in [0.15, 0.2) is 5.84 Å². The molecule has 2 aromatic rings. The zero-order valence-electron chi connectivity index (χ0n) is 16.0. The molecule has 1 fully saturated rings. The SMILES string of the molecule is O=C(OC1CCc2ccccc21)C1CCCN(C2=NS(=O)(=O)c3ccccc32)C1. The van der Waals surface area contributed by atoms with E-state index in [0.717, 1.165) is 31.2 Å². The highest BCUT2D eigenvalue weighted by Crippen LogP contribution is 2.35. The van der Waals surface area contributed by atoms with Crippen molar-refractivity contribution >= 4 is 21.8 Å². The van der Waals surface area contributed by atoms with Crippen molar-refractivity contribution in [2.45, 2.75) is 36.7 Å². The van der Waals surface area contributed by atoms with Crippen molar-refractivity contribution in [3.8, 4) is 0 Å². The van der Waals surface area contributed by atoms with E-state index in [0.29, 0.717) is 24.5 Å². The number of rotatable bonds is 2. The van der Waals surface area contributed by atoms with Crippen molar-refractivity contribution in [1.82, 2.24) is 4.90 Å². The number of ether oxygens (including phenoxy) is 1. The summed E-state index contributed by atoms with van der Waals surface area (Å²) in [5, 5.41) is 0. The van der Waals surface area contributed by atoms with Crippen molar-refractivity contribution in [2.75, 3.05) is 13.1 Å². The van der Waals surface area contributed by atoms with Gasteiger partial charge in [-0.15, -0.1) is 4.40 Å². The van der Waals surface area contributed by atoms with E-state index >= 15 is 0 Å². The number of hydrogen-bond donors (Lipinski definition) is 0. The van der Waals surface area contributed by atoms with Gasteiger partial charge in [-0.2, -0.15) is 8.42 Å². The lowest BCUT2D eigenvalue weighted by atomic mass is 9.97. The zero-order valence-corrected chi connectivity index (χ0v) is 16.8. The Bertz CT molecular complexity index is 1110. The molecule has 7 heteroatoms. The number of hydrogen-bond acceptors (Lipinski definition) is 5. The van der Waals surface area contributed by atoms with E-state index in [1.165, 1.54) is 5.56 Å². The number of nitrogens with zero attached hydrogens (tertiary/aromatic N) is 2. The first-order valence-corrected chi connectivity index (χ1v) is 11.4. The number of esters is 1. The van der Waals surface area contributed by atoms with Crippen LogP contribution >= 0.6 is 0 Å². The average molecular weight is 410 g/mol. The second-order valence-electron chi connectivity index (χ2n) is 7.83. The van der Waals surface area contributed by atoms with E-state index in [1.807, 2.05) is 29.2 Å². The molecule has 2 aliphatic heterocycles. The highest BCUT2D eigenvalue weighted by Gasteiger charge is 2.36. The number of carbonyl (C=O) groups excluding carboxylic acids is 1. The maximum Gasteiger partial charge on any atom is 0.311 e. The molecule has 1 saturated heterocycles. The number of sulfonamides is 1. The quantitative estimate of drug-likeness (QED) is 0.711. The van der Waals surface area contributed by atoms with Gasteiger partial charge in [0.1, 0.15) is 11.0 Å². The summed E-state index contributed by atoms with van der Waals surface area (Å²) in [4.78, 5) is 15.0. The molecule has 0 aromatic heterocycles. The van der Waals surface area contributed by atoms with Gasteiger partial charge < -0.3 is 9.64 Å². The van der Waals surface area contributed by atoms with Crippen molar-refractivity contribution in [1.29, 1.82) is 0 Å². The number of fused-ring (bicyclic) bond motifs is 2. The second kappa shape index (κ2) is 6.99. The number of benzene rings is 2. The van der Waals surface area contributed by atoms with Gasteiger partial charge in [-0.1, -0.05) is 36.4 Å². The van der Waals surface area contributed by atoms with Gasteiger partial charge in [0.25, 0.3) is 10.0 Å². The molecule has 2 heterocycles. The van der Waals surface area contributed by atoms with Crippen molar-refractivity contribution in [3.05, 3.63) is 65.2 Å². The molecule has 0 radical (unpaired) electrons. The Labute approximate surface area is 170 Å². The largest absolute Gasteiger partial charge is 0.457 e. The number of piperidine rings is 1. The molecule has 29 heavy (non-hydrogen) atoms. The maximum absolute atomic E-state index is 12.9. The normalized spacial score (nSPS) is 24.6. The van der Waals surface area contributed by atoms with E-state index in [9.17, 15) is 13.2 Å². The summed E-state index contributed by atoms with van der Waals surface area (Å²) in [6, 6.07) is 15.0. The zero-order chi connectivity index (χ0) is 20.0. The lowest BCUT2D eigenvalue weighted by Crippen LogP contribution is -2.43. The van der Waals surface area contributed by atoms with Crippen molar-refractivity contribution < 1.29 is 17.9 Å². The van der Waals surface area contributed by atoms with Gasteiger partial charge in [-0.25, -0.2) is 0 Å². The molecular weight excluding hydrogens is 388 g/mol. The molecule has 3 aliphatic rings. The van der Waals surface area contributed by atoms with Crippen LogP contribution in [0.4, 0.5) is 0 Å². The summed E-state index contributed by atoms with van der Waals surface area (Å²) >= 11 is 0. The Hall–Kier alpha value is -2.67. The molecule has 5 rings (SSSR count). The van der Waals surface area contributed by atoms with Crippen LogP contribution in [0.5, 0.6) is 0 Å². The van der Waals surface area contributed by atoms with Crippen molar-refractivity contribution in [2.24, 2.45) is 10.3 Å². The van der Waals surface area contributed by atoms with Crippen LogP contribution in [-0.2, 0) is 26.0 Å². The lowest BCUT2D eigenvalue weighted by molar-refractivity contribution is -0.155. The van der Waals surface area contributed by atoms with Crippen LogP contribution in [0.1, 0.15) is 42.1 Å². The number of likely N-dealkylation sites (tertiary alicyclic amines) is 1. The Morgan fingerprint density at radius 2 is 1.86 bits per heavy atom. The molecule has 1 aliphatic carbocycles. The fourth-order valence-electron chi connectivity index (χ4n) is 4.56.